The molecule has 0 aliphatic carbocycles. The fourth-order valence-corrected chi connectivity index (χ4v) is 4.22. The standard InChI is InChI=1S/C25H20FN5O2S/c1-32-19-13-11-18(12-14-19)23-27-22(33-30-23)16-34-25-29-28-24(20-9-5-6-10-21(20)26)31(25)15-17-7-3-2-4-8-17/h2-14H,15-16H2,1H3. The number of methoxy groups -OCH3 is 1. The van der Waals surface area contributed by atoms with Gasteiger partial charge in [0.15, 0.2) is 11.0 Å². The topological polar surface area (TPSA) is 78.9 Å². The number of hydrogen-bond acceptors (Lipinski definition) is 7. The molecule has 0 fully saturated rings. The summed E-state index contributed by atoms with van der Waals surface area (Å²) >= 11 is 1.41. The van der Waals surface area contributed by atoms with Crippen molar-refractivity contribution in [2.75, 3.05) is 7.11 Å². The zero-order valence-corrected chi connectivity index (χ0v) is 19.1. The Morgan fingerprint density at radius 1 is 0.941 bits per heavy atom. The van der Waals surface area contributed by atoms with Gasteiger partial charge in [0.2, 0.25) is 11.7 Å². The Bertz CT molecular complexity index is 1390. The molecule has 0 saturated heterocycles. The molecule has 34 heavy (non-hydrogen) atoms. The van der Waals surface area contributed by atoms with Crippen molar-refractivity contribution in [3.05, 3.63) is 96.1 Å². The first-order chi connectivity index (χ1) is 16.7. The molecule has 0 bridgehead atoms. The summed E-state index contributed by atoms with van der Waals surface area (Å²) in [4.78, 5) is 4.49. The van der Waals surface area contributed by atoms with Crippen molar-refractivity contribution < 1.29 is 13.7 Å². The molecule has 170 valence electrons. The highest BCUT2D eigenvalue weighted by Crippen LogP contribution is 2.29. The highest BCUT2D eigenvalue weighted by atomic mass is 32.2. The van der Waals surface area contributed by atoms with Crippen molar-refractivity contribution in [3.8, 4) is 28.5 Å². The fraction of sp³-hybridized carbons (Fsp3) is 0.120. The van der Waals surface area contributed by atoms with Crippen LogP contribution in [0.2, 0.25) is 0 Å². The molecule has 0 N–H and O–H groups in total. The van der Waals surface area contributed by atoms with Gasteiger partial charge in [-0.1, -0.05) is 59.4 Å². The van der Waals surface area contributed by atoms with Gasteiger partial charge in [-0.25, -0.2) is 4.39 Å². The van der Waals surface area contributed by atoms with E-state index in [0.29, 0.717) is 40.6 Å². The second kappa shape index (κ2) is 9.88. The van der Waals surface area contributed by atoms with Crippen LogP contribution in [-0.4, -0.2) is 32.0 Å². The van der Waals surface area contributed by atoms with Crippen molar-refractivity contribution in [2.24, 2.45) is 0 Å². The van der Waals surface area contributed by atoms with E-state index in [0.717, 1.165) is 16.9 Å². The van der Waals surface area contributed by atoms with E-state index < -0.39 is 0 Å². The number of ether oxygens (including phenoxy) is 1. The average molecular weight is 474 g/mol. The van der Waals surface area contributed by atoms with Gasteiger partial charge in [0.05, 0.1) is 25.0 Å². The number of nitrogens with zero attached hydrogens (tertiary/aromatic N) is 5. The first kappa shape index (κ1) is 21.8. The van der Waals surface area contributed by atoms with Gasteiger partial charge in [0, 0.05) is 5.56 Å². The normalized spacial score (nSPS) is 11.0. The van der Waals surface area contributed by atoms with E-state index in [-0.39, 0.29) is 5.82 Å². The summed E-state index contributed by atoms with van der Waals surface area (Å²) in [5, 5.41) is 13.3. The minimum absolute atomic E-state index is 0.346. The van der Waals surface area contributed by atoms with Crippen LogP contribution >= 0.6 is 11.8 Å². The molecule has 5 rings (SSSR count). The summed E-state index contributed by atoms with van der Waals surface area (Å²) in [5.74, 6) is 2.23. The predicted octanol–water partition coefficient (Wildman–Crippen LogP) is 5.48. The van der Waals surface area contributed by atoms with Crippen LogP contribution in [0.3, 0.4) is 0 Å². The van der Waals surface area contributed by atoms with E-state index in [1.807, 2.05) is 59.2 Å². The summed E-state index contributed by atoms with van der Waals surface area (Å²) in [6.07, 6.45) is 0. The van der Waals surface area contributed by atoms with Gasteiger partial charge >= 0.3 is 0 Å². The molecule has 2 aromatic heterocycles. The maximum Gasteiger partial charge on any atom is 0.237 e. The van der Waals surface area contributed by atoms with Crippen LogP contribution in [0.15, 0.2) is 88.5 Å². The number of aromatic nitrogens is 5. The Morgan fingerprint density at radius 2 is 1.71 bits per heavy atom. The van der Waals surface area contributed by atoms with Gasteiger partial charge in [-0.2, -0.15) is 4.98 Å². The number of hydrogen-bond donors (Lipinski definition) is 0. The van der Waals surface area contributed by atoms with Crippen molar-refractivity contribution >= 4 is 11.8 Å². The van der Waals surface area contributed by atoms with Gasteiger partial charge in [-0.3, -0.25) is 4.57 Å². The average Bonchev–Trinajstić information content (AvgIpc) is 3.51. The molecule has 5 aromatic rings. The molecule has 0 unspecified atom stereocenters. The van der Waals surface area contributed by atoms with E-state index in [4.69, 9.17) is 9.26 Å². The van der Waals surface area contributed by atoms with Crippen molar-refractivity contribution in [1.29, 1.82) is 0 Å². The van der Waals surface area contributed by atoms with E-state index >= 15 is 0 Å². The van der Waals surface area contributed by atoms with E-state index in [2.05, 4.69) is 20.3 Å². The lowest BCUT2D eigenvalue weighted by molar-refractivity contribution is 0.391. The zero-order valence-electron chi connectivity index (χ0n) is 18.3. The molecule has 0 aliphatic heterocycles. The third kappa shape index (κ3) is 4.69. The van der Waals surface area contributed by atoms with Gasteiger partial charge in [0.25, 0.3) is 0 Å². The number of rotatable bonds is 8. The lowest BCUT2D eigenvalue weighted by Crippen LogP contribution is -2.05. The maximum atomic E-state index is 14.5. The van der Waals surface area contributed by atoms with Gasteiger partial charge in [0.1, 0.15) is 11.6 Å². The van der Waals surface area contributed by atoms with Crippen molar-refractivity contribution in [2.45, 2.75) is 17.5 Å². The zero-order chi connectivity index (χ0) is 23.3. The van der Waals surface area contributed by atoms with Gasteiger partial charge in [-0.15, -0.1) is 10.2 Å². The molecule has 0 saturated carbocycles. The molecule has 7 nitrogen and oxygen atoms in total. The van der Waals surface area contributed by atoms with Crippen LogP contribution in [0.4, 0.5) is 4.39 Å². The van der Waals surface area contributed by atoms with Crippen LogP contribution in [0, 0.1) is 5.82 Å². The Kier molecular flexibility index (Phi) is 6.35. The minimum atomic E-state index is -0.346. The summed E-state index contributed by atoms with van der Waals surface area (Å²) < 4.78 is 27.1. The van der Waals surface area contributed by atoms with Crippen LogP contribution in [-0.2, 0) is 12.3 Å². The lowest BCUT2D eigenvalue weighted by Gasteiger charge is -2.10. The summed E-state index contributed by atoms with van der Waals surface area (Å²) in [7, 11) is 1.62. The molecular weight excluding hydrogens is 453 g/mol. The number of benzene rings is 3. The molecule has 0 aliphatic rings. The number of halogens is 1. The SMILES string of the molecule is COc1ccc(-c2noc(CSc3nnc(-c4ccccc4F)n3Cc3ccccc3)n2)cc1. The molecule has 2 heterocycles. The fourth-order valence-electron chi connectivity index (χ4n) is 3.44. The molecule has 0 atom stereocenters. The molecule has 3 aromatic carbocycles. The maximum absolute atomic E-state index is 14.5. The van der Waals surface area contributed by atoms with E-state index in [1.54, 1.807) is 25.3 Å². The third-order valence-electron chi connectivity index (χ3n) is 5.16. The quantitative estimate of drug-likeness (QED) is 0.276. The van der Waals surface area contributed by atoms with Crippen LogP contribution in [0.5, 0.6) is 5.75 Å². The highest BCUT2D eigenvalue weighted by Gasteiger charge is 2.19. The van der Waals surface area contributed by atoms with Crippen molar-refractivity contribution in [1.82, 2.24) is 24.9 Å². The van der Waals surface area contributed by atoms with Crippen LogP contribution < -0.4 is 4.74 Å². The van der Waals surface area contributed by atoms with E-state index in [1.165, 1.54) is 17.8 Å². The smallest absolute Gasteiger partial charge is 0.237 e. The second-order valence-corrected chi connectivity index (χ2v) is 8.33. The van der Waals surface area contributed by atoms with Crippen LogP contribution in [0.25, 0.3) is 22.8 Å². The Balaban J connectivity index is 1.39. The highest BCUT2D eigenvalue weighted by molar-refractivity contribution is 7.98. The largest absolute Gasteiger partial charge is 0.497 e. The molecular formula is C25H20FN5O2S. The Hall–Kier alpha value is -3.98. The van der Waals surface area contributed by atoms with E-state index in [9.17, 15) is 4.39 Å². The summed E-state index contributed by atoms with van der Waals surface area (Å²) in [6, 6.07) is 23.9. The monoisotopic (exact) mass is 473 g/mol. The van der Waals surface area contributed by atoms with Gasteiger partial charge < -0.3 is 9.26 Å². The summed E-state index contributed by atoms with van der Waals surface area (Å²) in [5.41, 5.74) is 2.29. The predicted molar refractivity (Wildman–Crippen MR) is 127 cm³/mol. The van der Waals surface area contributed by atoms with Crippen LogP contribution in [0.1, 0.15) is 11.5 Å². The lowest BCUT2D eigenvalue weighted by atomic mass is 10.2. The Labute approximate surface area is 199 Å². The first-order valence-corrected chi connectivity index (χ1v) is 11.5. The molecule has 0 amide bonds. The van der Waals surface area contributed by atoms with Gasteiger partial charge in [-0.05, 0) is 42.0 Å². The molecule has 0 spiro atoms. The molecule has 9 heteroatoms. The molecule has 0 radical (unpaired) electrons. The Morgan fingerprint density at radius 3 is 2.47 bits per heavy atom. The van der Waals surface area contributed by atoms with Crippen molar-refractivity contribution in [3.63, 3.8) is 0 Å². The number of thioether (sulfide) groups is 1. The third-order valence-corrected chi connectivity index (χ3v) is 6.11. The summed E-state index contributed by atoms with van der Waals surface area (Å²) in [6.45, 7) is 0.501. The minimum Gasteiger partial charge on any atom is -0.497 e. The first-order valence-electron chi connectivity index (χ1n) is 10.5. The second-order valence-electron chi connectivity index (χ2n) is 7.39.